The normalized spacial score (nSPS) is 13.4. The number of benzene rings is 2. The Hall–Kier alpha value is -3.21. The van der Waals surface area contributed by atoms with E-state index in [9.17, 15) is 14.4 Å². The Kier molecular flexibility index (Phi) is 5.50. The van der Waals surface area contributed by atoms with Crippen molar-refractivity contribution in [1.29, 1.82) is 0 Å². The lowest BCUT2D eigenvalue weighted by Crippen LogP contribution is -2.36. The van der Waals surface area contributed by atoms with Crippen molar-refractivity contribution in [3.63, 3.8) is 0 Å². The van der Waals surface area contributed by atoms with Gasteiger partial charge in [-0.3, -0.25) is 14.4 Å². The number of ether oxygens (including phenoxy) is 1. The minimum atomic E-state index is -0.380. The summed E-state index contributed by atoms with van der Waals surface area (Å²) in [5.74, 6) is -0.702. The van der Waals surface area contributed by atoms with Crippen LogP contribution in [0.2, 0.25) is 0 Å². The van der Waals surface area contributed by atoms with E-state index in [0.717, 1.165) is 5.69 Å². The molecule has 0 heterocycles. The van der Waals surface area contributed by atoms with E-state index < -0.39 is 0 Å². The first-order valence-corrected chi connectivity index (χ1v) is 8.86. The molecular weight excluding hydrogens is 342 g/mol. The molecule has 0 amide bonds. The molecule has 0 N–H and O–H groups in total. The SMILES string of the molecule is CCOC(=O)CN(CC1=C(C)C(=O)c2ccccc2C1=O)c1ccccc1. The molecule has 0 saturated carbocycles. The molecule has 2 aromatic carbocycles. The van der Waals surface area contributed by atoms with Crippen LogP contribution in [0.25, 0.3) is 0 Å². The highest BCUT2D eigenvalue weighted by molar-refractivity contribution is 6.27. The van der Waals surface area contributed by atoms with Gasteiger partial charge in [-0.05, 0) is 26.0 Å². The molecular formula is C22H21NO4. The lowest BCUT2D eigenvalue weighted by Gasteiger charge is -2.27. The first-order valence-electron chi connectivity index (χ1n) is 8.86. The standard InChI is InChI=1S/C22H21NO4/c1-3-27-20(24)14-23(16-9-5-4-6-10-16)13-19-15(2)21(25)17-11-7-8-12-18(17)22(19)26/h4-12H,3,13-14H2,1-2H3. The maximum atomic E-state index is 13.0. The molecule has 0 fully saturated rings. The molecule has 0 radical (unpaired) electrons. The molecule has 0 saturated heterocycles. The van der Waals surface area contributed by atoms with E-state index in [2.05, 4.69) is 0 Å². The van der Waals surface area contributed by atoms with E-state index >= 15 is 0 Å². The summed E-state index contributed by atoms with van der Waals surface area (Å²) in [7, 11) is 0. The van der Waals surface area contributed by atoms with Gasteiger partial charge >= 0.3 is 5.97 Å². The number of carbonyl (C=O) groups excluding carboxylic acids is 3. The van der Waals surface area contributed by atoms with E-state index in [1.807, 2.05) is 30.3 Å². The third-order valence-electron chi connectivity index (χ3n) is 4.58. The Morgan fingerprint density at radius 3 is 2.15 bits per heavy atom. The highest BCUT2D eigenvalue weighted by Crippen LogP contribution is 2.27. The van der Waals surface area contributed by atoms with Gasteiger partial charge < -0.3 is 9.64 Å². The number of anilines is 1. The van der Waals surface area contributed by atoms with Crippen molar-refractivity contribution in [3.05, 3.63) is 76.9 Å². The van der Waals surface area contributed by atoms with Crippen molar-refractivity contribution in [2.75, 3.05) is 24.6 Å². The summed E-state index contributed by atoms with van der Waals surface area (Å²) in [6, 6.07) is 16.1. The maximum absolute atomic E-state index is 13.0. The van der Waals surface area contributed by atoms with Crippen LogP contribution in [0.1, 0.15) is 34.6 Å². The van der Waals surface area contributed by atoms with Gasteiger partial charge in [0.2, 0.25) is 0 Å². The number of carbonyl (C=O) groups is 3. The number of fused-ring (bicyclic) bond motifs is 1. The van der Waals surface area contributed by atoms with E-state index in [-0.39, 0.29) is 37.2 Å². The number of allylic oxidation sites excluding steroid dienone is 1. The molecule has 27 heavy (non-hydrogen) atoms. The third-order valence-corrected chi connectivity index (χ3v) is 4.58. The van der Waals surface area contributed by atoms with Crippen LogP contribution in [0.15, 0.2) is 65.7 Å². The monoisotopic (exact) mass is 363 g/mol. The van der Waals surface area contributed by atoms with Crippen molar-refractivity contribution >= 4 is 23.2 Å². The number of Topliss-reactive ketones (excluding diaryl/α,β-unsaturated/α-hetero) is 2. The molecule has 0 aliphatic heterocycles. The van der Waals surface area contributed by atoms with Gasteiger partial charge in [0.1, 0.15) is 6.54 Å². The van der Waals surface area contributed by atoms with Crippen molar-refractivity contribution in [3.8, 4) is 0 Å². The van der Waals surface area contributed by atoms with Crippen LogP contribution >= 0.6 is 0 Å². The zero-order valence-corrected chi connectivity index (χ0v) is 15.4. The van der Waals surface area contributed by atoms with Crippen LogP contribution in [0.5, 0.6) is 0 Å². The molecule has 3 rings (SSSR count). The summed E-state index contributed by atoms with van der Waals surface area (Å²) < 4.78 is 5.07. The number of hydrogen-bond acceptors (Lipinski definition) is 5. The summed E-state index contributed by atoms with van der Waals surface area (Å²) in [5.41, 5.74) is 2.45. The minimum absolute atomic E-state index is 0.00223. The maximum Gasteiger partial charge on any atom is 0.325 e. The van der Waals surface area contributed by atoms with Crippen LogP contribution in [0, 0.1) is 0 Å². The smallest absolute Gasteiger partial charge is 0.325 e. The zero-order chi connectivity index (χ0) is 19.4. The Bertz CT molecular complexity index is 915. The highest BCUT2D eigenvalue weighted by atomic mass is 16.5. The summed E-state index contributed by atoms with van der Waals surface area (Å²) in [4.78, 5) is 39.5. The van der Waals surface area contributed by atoms with E-state index in [0.29, 0.717) is 22.3 Å². The Morgan fingerprint density at radius 1 is 0.926 bits per heavy atom. The number of esters is 1. The number of nitrogens with zero attached hydrogens (tertiary/aromatic N) is 1. The molecule has 5 nitrogen and oxygen atoms in total. The topological polar surface area (TPSA) is 63.7 Å². The fraction of sp³-hybridized carbons (Fsp3) is 0.227. The lowest BCUT2D eigenvalue weighted by atomic mass is 9.84. The van der Waals surface area contributed by atoms with Crippen LogP contribution in [-0.4, -0.2) is 37.2 Å². The summed E-state index contributed by atoms with van der Waals surface area (Å²) in [6.07, 6.45) is 0. The molecule has 0 unspecified atom stereocenters. The number of para-hydroxylation sites is 1. The van der Waals surface area contributed by atoms with E-state index in [4.69, 9.17) is 4.74 Å². The Labute approximate surface area is 158 Å². The van der Waals surface area contributed by atoms with Crippen LogP contribution in [0.4, 0.5) is 5.69 Å². The lowest BCUT2D eigenvalue weighted by molar-refractivity contribution is -0.141. The fourth-order valence-corrected chi connectivity index (χ4v) is 3.17. The van der Waals surface area contributed by atoms with Crippen molar-refractivity contribution in [2.45, 2.75) is 13.8 Å². The summed E-state index contributed by atoms with van der Waals surface area (Å²) in [6.45, 7) is 3.86. The number of rotatable bonds is 6. The van der Waals surface area contributed by atoms with Crippen molar-refractivity contribution in [1.82, 2.24) is 0 Å². The van der Waals surface area contributed by atoms with Gasteiger partial charge in [-0.15, -0.1) is 0 Å². The molecule has 0 atom stereocenters. The van der Waals surface area contributed by atoms with E-state index in [1.54, 1.807) is 43.0 Å². The van der Waals surface area contributed by atoms with E-state index in [1.165, 1.54) is 0 Å². The zero-order valence-electron chi connectivity index (χ0n) is 15.4. The second-order valence-electron chi connectivity index (χ2n) is 6.30. The molecule has 0 aromatic heterocycles. The highest BCUT2D eigenvalue weighted by Gasteiger charge is 2.31. The quantitative estimate of drug-likeness (QED) is 0.736. The molecule has 5 heteroatoms. The third kappa shape index (κ3) is 3.82. The first-order chi connectivity index (χ1) is 13.0. The largest absolute Gasteiger partial charge is 0.465 e. The van der Waals surface area contributed by atoms with Gasteiger partial charge in [0.05, 0.1) is 6.61 Å². The predicted molar refractivity (Wildman–Crippen MR) is 103 cm³/mol. The molecule has 1 aliphatic carbocycles. The summed E-state index contributed by atoms with van der Waals surface area (Å²) >= 11 is 0. The van der Waals surface area contributed by atoms with Gasteiger partial charge in [0.25, 0.3) is 0 Å². The minimum Gasteiger partial charge on any atom is -0.465 e. The Morgan fingerprint density at radius 2 is 1.52 bits per heavy atom. The summed E-state index contributed by atoms with van der Waals surface area (Å²) in [5, 5.41) is 0. The number of hydrogen-bond donors (Lipinski definition) is 0. The van der Waals surface area contributed by atoms with Crippen LogP contribution in [0.3, 0.4) is 0 Å². The molecule has 0 spiro atoms. The molecule has 0 bridgehead atoms. The molecule has 2 aromatic rings. The van der Waals surface area contributed by atoms with Gasteiger partial charge in [0.15, 0.2) is 11.6 Å². The van der Waals surface area contributed by atoms with Gasteiger partial charge in [0, 0.05) is 34.5 Å². The second-order valence-corrected chi connectivity index (χ2v) is 6.30. The molecule has 138 valence electrons. The first kappa shape index (κ1) is 18.6. The predicted octanol–water partition coefficient (Wildman–Crippen LogP) is 3.45. The van der Waals surface area contributed by atoms with Gasteiger partial charge in [-0.25, -0.2) is 0 Å². The average molecular weight is 363 g/mol. The van der Waals surface area contributed by atoms with Gasteiger partial charge in [-0.1, -0.05) is 42.5 Å². The van der Waals surface area contributed by atoms with Crippen molar-refractivity contribution < 1.29 is 19.1 Å². The van der Waals surface area contributed by atoms with Crippen molar-refractivity contribution in [2.24, 2.45) is 0 Å². The second kappa shape index (κ2) is 7.99. The van der Waals surface area contributed by atoms with Gasteiger partial charge in [-0.2, -0.15) is 0 Å². The Balaban J connectivity index is 1.95. The van der Waals surface area contributed by atoms with Crippen LogP contribution in [-0.2, 0) is 9.53 Å². The fourth-order valence-electron chi connectivity index (χ4n) is 3.17. The molecule has 1 aliphatic rings. The number of ketones is 2. The van der Waals surface area contributed by atoms with Crippen LogP contribution < -0.4 is 4.90 Å². The average Bonchev–Trinajstić information content (AvgIpc) is 2.69.